The second-order valence-corrected chi connectivity index (χ2v) is 8.98. The lowest BCUT2D eigenvalue weighted by Crippen LogP contribution is -2.41. The Hall–Kier alpha value is -2.25. The number of carbonyl (C=O) groups excluding carboxylic acids is 1. The average Bonchev–Trinajstić information content (AvgIpc) is 2.62. The van der Waals surface area contributed by atoms with Crippen molar-refractivity contribution < 1.29 is 17.6 Å². The number of nitrogens with one attached hydrogen (secondary N) is 1. The number of hydrogen-bond donors (Lipinski definition) is 1. The highest BCUT2D eigenvalue weighted by molar-refractivity contribution is 7.88. The van der Waals surface area contributed by atoms with E-state index in [1.54, 1.807) is 6.07 Å². The van der Waals surface area contributed by atoms with E-state index in [2.05, 4.69) is 5.32 Å². The first kappa shape index (κ1) is 22.0. The zero-order valence-corrected chi connectivity index (χ0v) is 17.5. The molecule has 1 N–H and O–H groups in total. The van der Waals surface area contributed by atoms with Gasteiger partial charge < -0.3 is 5.32 Å². The number of aryl methyl sites for hydroxylation is 2. The molecule has 0 aromatic heterocycles. The normalized spacial score (nSPS) is 12.8. The van der Waals surface area contributed by atoms with Gasteiger partial charge in [0, 0.05) is 12.1 Å². The van der Waals surface area contributed by atoms with E-state index in [-0.39, 0.29) is 24.7 Å². The summed E-state index contributed by atoms with van der Waals surface area (Å²) in [5, 5.41) is 2.89. The molecule has 2 rings (SSSR count). The van der Waals surface area contributed by atoms with Crippen molar-refractivity contribution in [3.63, 3.8) is 0 Å². The topological polar surface area (TPSA) is 66.5 Å². The van der Waals surface area contributed by atoms with Crippen molar-refractivity contribution in [3.8, 4) is 0 Å². The molecular formula is C21H27FN2O3S. The molecule has 0 saturated carbocycles. The van der Waals surface area contributed by atoms with Gasteiger partial charge in [0.15, 0.2) is 0 Å². The molecule has 0 bridgehead atoms. The summed E-state index contributed by atoms with van der Waals surface area (Å²) in [6, 6.07) is 11.7. The van der Waals surface area contributed by atoms with Crippen LogP contribution in [0.3, 0.4) is 0 Å². The molecule has 0 spiro atoms. The van der Waals surface area contributed by atoms with E-state index in [0.29, 0.717) is 6.42 Å². The summed E-state index contributed by atoms with van der Waals surface area (Å²) in [7, 11) is -3.69. The van der Waals surface area contributed by atoms with Crippen LogP contribution in [0.5, 0.6) is 0 Å². The van der Waals surface area contributed by atoms with Gasteiger partial charge in [0.05, 0.1) is 18.8 Å². The number of benzene rings is 2. The lowest BCUT2D eigenvalue weighted by atomic mass is 9.99. The van der Waals surface area contributed by atoms with Crippen molar-refractivity contribution in [1.29, 1.82) is 0 Å². The minimum Gasteiger partial charge on any atom is -0.348 e. The minimum atomic E-state index is -3.69. The molecule has 0 aliphatic rings. The van der Waals surface area contributed by atoms with Crippen LogP contribution in [0.1, 0.15) is 41.6 Å². The summed E-state index contributed by atoms with van der Waals surface area (Å²) in [5.41, 5.74) is 3.49. The highest BCUT2D eigenvalue weighted by Crippen LogP contribution is 2.20. The van der Waals surface area contributed by atoms with E-state index >= 15 is 0 Å². The van der Waals surface area contributed by atoms with Gasteiger partial charge in [-0.2, -0.15) is 4.31 Å². The summed E-state index contributed by atoms with van der Waals surface area (Å²) >= 11 is 0. The molecule has 0 aliphatic carbocycles. The third kappa shape index (κ3) is 5.87. The highest BCUT2D eigenvalue weighted by Gasteiger charge is 2.23. The molecule has 0 fully saturated rings. The molecule has 0 heterocycles. The zero-order chi connectivity index (χ0) is 20.9. The summed E-state index contributed by atoms with van der Waals surface area (Å²) in [6.45, 7) is 5.42. The largest absolute Gasteiger partial charge is 0.348 e. The van der Waals surface area contributed by atoms with Crippen molar-refractivity contribution in [3.05, 3.63) is 70.5 Å². The molecule has 1 amide bonds. The fraction of sp³-hybridized carbons (Fsp3) is 0.381. The zero-order valence-electron chi connectivity index (χ0n) is 16.7. The minimum absolute atomic E-state index is 0.195. The standard InChI is InChI=1S/C21H27FN2O3S/c1-5-20(17-11-10-15(2)16(3)12-17)23-21(25)14-24(28(4,26)27)13-18-8-6-7-9-19(18)22/h6-12,20H,5,13-14H2,1-4H3,(H,23,25). The van der Waals surface area contributed by atoms with Crippen LogP contribution in [-0.2, 0) is 21.4 Å². The van der Waals surface area contributed by atoms with Crippen molar-refractivity contribution in [2.45, 2.75) is 39.8 Å². The van der Waals surface area contributed by atoms with Crippen molar-refractivity contribution in [1.82, 2.24) is 9.62 Å². The average molecular weight is 407 g/mol. The smallest absolute Gasteiger partial charge is 0.235 e. The van der Waals surface area contributed by atoms with E-state index in [1.165, 1.54) is 18.2 Å². The van der Waals surface area contributed by atoms with Crippen molar-refractivity contribution in [2.24, 2.45) is 0 Å². The fourth-order valence-electron chi connectivity index (χ4n) is 2.91. The maximum absolute atomic E-state index is 13.9. The van der Waals surface area contributed by atoms with Crippen LogP contribution in [0.25, 0.3) is 0 Å². The van der Waals surface area contributed by atoms with Crippen LogP contribution in [0, 0.1) is 19.7 Å². The Morgan fingerprint density at radius 2 is 1.82 bits per heavy atom. The van der Waals surface area contributed by atoms with Gasteiger partial charge in [-0.25, -0.2) is 12.8 Å². The van der Waals surface area contributed by atoms with Crippen LogP contribution in [-0.4, -0.2) is 31.4 Å². The van der Waals surface area contributed by atoms with Crippen molar-refractivity contribution in [2.75, 3.05) is 12.8 Å². The number of hydrogen-bond acceptors (Lipinski definition) is 3. The van der Waals surface area contributed by atoms with Gasteiger partial charge in [-0.15, -0.1) is 0 Å². The molecular weight excluding hydrogens is 379 g/mol. The Morgan fingerprint density at radius 3 is 2.39 bits per heavy atom. The number of amides is 1. The third-order valence-corrected chi connectivity index (χ3v) is 5.97. The summed E-state index contributed by atoms with van der Waals surface area (Å²) < 4.78 is 39.1. The predicted octanol–water partition coefficient (Wildman–Crippen LogP) is 3.47. The molecule has 0 radical (unpaired) electrons. The maximum Gasteiger partial charge on any atom is 0.235 e. The van der Waals surface area contributed by atoms with Gasteiger partial charge >= 0.3 is 0 Å². The molecule has 7 heteroatoms. The molecule has 2 aromatic rings. The quantitative estimate of drug-likeness (QED) is 0.730. The number of sulfonamides is 1. The summed E-state index contributed by atoms with van der Waals surface area (Å²) in [6.07, 6.45) is 1.68. The molecule has 1 atom stereocenters. The van der Waals surface area contributed by atoms with Gasteiger partial charge in [-0.1, -0.05) is 43.3 Å². The molecule has 152 valence electrons. The summed E-state index contributed by atoms with van der Waals surface area (Å²) in [5.74, 6) is -0.926. The van der Waals surface area contributed by atoms with Gasteiger partial charge in [0.1, 0.15) is 5.82 Å². The number of nitrogens with zero attached hydrogens (tertiary/aromatic N) is 1. The first-order valence-corrected chi connectivity index (χ1v) is 11.0. The number of rotatable bonds is 8. The Bertz CT molecular complexity index is 944. The van der Waals surface area contributed by atoms with Gasteiger partial charge in [-0.05, 0) is 43.0 Å². The monoisotopic (exact) mass is 406 g/mol. The van der Waals surface area contributed by atoms with E-state index in [0.717, 1.165) is 27.3 Å². The van der Waals surface area contributed by atoms with E-state index in [4.69, 9.17) is 0 Å². The van der Waals surface area contributed by atoms with Gasteiger partial charge in [-0.3, -0.25) is 4.79 Å². The third-order valence-electron chi connectivity index (χ3n) is 4.77. The Morgan fingerprint density at radius 1 is 1.14 bits per heavy atom. The van der Waals surface area contributed by atoms with Crippen LogP contribution >= 0.6 is 0 Å². The first-order valence-electron chi connectivity index (χ1n) is 9.16. The molecule has 0 saturated heterocycles. The van der Waals surface area contributed by atoms with Crippen LogP contribution < -0.4 is 5.32 Å². The van der Waals surface area contributed by atoms with Crippen LogP contribution in [0.2, 0.25) is 0 Å². The fourth-order valence-corrected chi connectivity index (χ4v) is 3.63. The SMILES string of the molecule is CCC(NC(=O)CN(Cc1ccccc1F)S(C)(=O)=O)c1ccc(C)c(C)c1. The lowest BCUT2D eigenvalue weighted by Gasteiger charge is -2.23. The molecule has 2 aromatic carbocycles. The first-order chi connectivity index (χ1) is 13.1. The Balaban J connectivity index is 2.14. The molecule has 0 aliphatic heterocycles. The molecule has 1 unspecified atom stereocenters. The Labute approximate surface area is 166 Å². The van der Waals surface area contributed by atoms with Gasteiger partial charge in [0.2, 0.25) is 15.9 Å². The van der Waals surface area contributed by atoms with E-state index < -0.39 is 21.7 Å². The van der Waals surface area contributed by atoms with E-state index in [1.807, 2.05) is 39.0 Å². The van der Waals surface area contributed by atoms with Crippen LogP contribution in [0.15, 0.2) is 42.5 Å². The second kappa shape index (κ2) is 9.30. The molecule has 28 heavy (non-hydrogen) atoms. The number of halogens is 1. The maximum atomic E-state index is 13.9. The van der Waals surface area contributed by atoms with E-state index in [9.17, 15) is 17.6 Å². The lowest BCUT2D eigenvalue weighted by molar-refractivity contribution is -0.122. The predicted molar refractivity (Wildman–Crippen MR) is 109 cm³/mol. The number of carbonyl (C=O) groups is 1. The molecule has 5 nitrogen and oxygen atoms in total. The summed E-state index contributed by atoms with van der Waals surface area (Å²) in [4.78, 5) is 12.6. The highest BCUT2D eigenvalue weighted by atomic mass is 32.2. The second-order valence-electron chi connectivity index (χ2n) is 6.99. The van der Waals surface area contributed by atoms with Gasteiger partial charge in [0.25, 0.3) is 0 Å². The van der Waals surface area contributed by atoms with Crippen LogP contribution in [0.4, 0.5) is 4.39 Å². The Kier molecular flexibility index (Phi) is 7.32. The van der Waals surface area contributed by atoms with Crippen molar-refractivity contribution >= 4 is 15.9 Å².